The number of rotatable bonds is 2. The maximum Gasteiger partial charge on any atom is 0.150 e. The number of anilines is 1. The Bertz CT molecular complexity index is 684. The van der Waals surface area contributed by atoms with E-state index in [-0.39, 0.29) is 0 Å². The van der Waals surface area contributed by atoms with Crippen molar-refractivity contribution in [3.63, 3.8) is 0 Å². The number of imidazole rings is 1. The van der Waals surface area contributed by atoms with Crippen LogP contribution in [0.25, 0.3) is 22.4 Å². The highest BCUT2D eigenvalue weighted by Crippen LogP contribution is 2.26. The normalized spacial score (nSPS) is 10.5. The molecule has 94 valence electrons. The number of nitrogens with zero attached hydrogens (tertiary/aromatic N) is 2. The molecule has 4 heteroatoms. The minimum atomic E-state index is 0.465. The van der Waals surface area contributed by atoms with Crippen LogP contribution in [0.1, 0.15) is 0 Å². The zero-order chi connectivity index (χ0) is 13.2. The van der Waals surface area contributed by atoms with Gasteiger partial charge in [0.05, 0.1) is 0 Å². The molecule has 0 unspecified atom stereocenters. The molecule has 3 aromatic rings. The predicted octanol–water partition coefficient (Wildman–Crippen LogP) is 2.51. The summed E-state index contributed by atoms with van der Waals surface area (Å²) in [6.07, 6.45) is 1.51. The zero-order valence-electron chi connectivity index (χ0n) is 10.3. The summed E-state index contributed by atoms with van der Waals surface area (Å²) < 4.78 is 1.32. The van der Waals surface area contributed by atoms with Crippen LogP contribution >= 0.6 is 0 Å². The number of nitrogens with two attached hydrogens (primary N) is 2. The van der Waals surface area contributed by atoms with Gasteiger partial charge in [-0.05, 0) is 11.1 Å². The minimum Gasteiger partial charge on any atom is -0.382 e. The van der Waals surface area contributed by atoms with Crippen molar-refractivity contribution in [2.45, 2.75) is 0 Å². The molecular weight excluding hydrogens is 236 g/mol. The Balaban J connectivity index is 1.98. The molecule has 4 N–H and O–H groups in total. The molecule has 0 bridgehead atoms. The number of nitrogen functional groups attached to an aromatic ring is 2. The fourth-order valence-electron chi connectivity index (χ4n) is 2.04. The number of aromatic nitrogens is 2. The molecule has 0 saturated heterocycles. The predicted molar refractivity (Wildman–Crippen MR) is 77.7 cm³/mol. The van der Waals surface area contributed by atoms with E-state index in [1.54, 1.807) is 0 Å². The molecule has 0 aliphatic rings. The average Bonchev–Trinajstić information content (AvgIpc) is 2.80. The van der Waals surface area contributed by atoms with Crippen molar-refractivity contribution in [1.82, 2.24) is 9.66 Å². The molecule has 4 nitrogen and oxygen atoms in total. The second kappa shape index (κ2) is 4.49. The fraction of sp³-hybridized carbons (Fsp3) is 0. The first-order valence-corrected chi connectivity index (χ1v) is 5.99. The van der Waals surface area contributed by atoms with Crippen LogP contribution in [0.5, 0.6) is 0 Å². The molecule has 0 aliphatic carbocycles. The molecule has 0 saturated carbocycles. The van der Waals surface area contributed by atoms with E-state index in [4.69, 9.17) is 11.6 Å². The van der Waals surface area contributed by atoms with Crippen LogP contribution in [0.4, 0.5) is 5.82 Å². The van der Waals surface area contributed by atoms with Crippen LogP contribution in [0.3, 0.4) is 0 Å². The number of hydrogen-bond acceptors (Lipinski definition) is 3. The highest BCUT2D eigenvalue weighted by molar-refractivity contribution is 5.73. The Hall–Kier alpha value is -2.75. The third-order valence-electron chi connectivity index (χ3n) is 3.10. The topological polar surface area (TPSA) is 69.9 Å². The molecular formula is C15H14N4. The summed E-state index contributed by atoms with van der Waals surface area (Å²) >= 11 is 0. The van der Waals surface area contributed by atoms with Crippen molar-refractivity contribution in [2.75, 3.05) is 11.6 Å². The van der Waals surface area contributed by atoms with E-state index >= 15 is 0 Å². The van der Waals surface area contributed by atoms with Gasteiger partial charge in [0.2, 0.25) is 0 Å². The highest BCUT2D eigenvalue weighted by atomic mass is 15.3. The largest absolute Gasteiger partial charge is 0.382 e. The van der Waals surface area contributed by atoms with Crippen LogP contribution in [0.15, 0.2) is 60.9 Å². The van der Waals surface area contributed by atoms with Gasteiger partial charge >= 0.3 is 0 Å². The summed E-state index contributed by atoms with van der Waals surface area (Å²) in [6, 6.07) is 18.3. The Morgan fingerprint density at radius 1 is 0.789 bits per heavy atom. The fourth-order valence-corrected chi connectivity index (χ4v) is 2.04. The molecule has 0 amide bonds. The Morgan fingerprint density at radius 2 is 1.37 bits per heavy atom. The number of benzene rings is 2. The van der Waals surface area contributed by atoms with Crippen molar-refractivity contribution in [2.24, 2.45) is 0 Å². The molecule has 1 heterocycles. The van der Waals surface area contributed by atoms with Gasteiger partial charge in [-0.1, -0.05) is 54.6 Å². The maximum absolute atomic E-state index is 5.86. The van der Waals surface area contributed by atoms with Crippen LogP contribution in [0.2, 0.25) is 0 Å². The average molecular weight is 250 g/mol. The third-order valence-corrected chi connectivity index (χ3v) is 3.10. The summed E-state index contributed by atoms with van der Waals surface area (Å²) in [5, 5.41) is 0. The highest BCUT2D eigenvalue weighted by Gasteiger charge is 2.08. The molecule has 0 radical (unpaired) electrons. The molecule has 0 aliphatic heterocycles. The van der Waals surface area contributed by atoms with E-state index in [1.165, 1.54) is 16.6 Å². The third kappa shape index (κ3) is 2.04. The van der Waals surface area contributed by atoms with E-state index in [1.807, 2.05) is 30.3 Å². The molecule has 0 fully saturated rings. The van der Waals surface area contributed by atoms with Gasteiger partial charge in [-0.2, -0.15) is 0 Å². The Labute approximate surface area is 111 Å². The van der Waals surface area contributed by atoms with Crippen LogP contribution in [0, 0.1) is 0 Å². The van der Waals surface area contributed by atoms with Gasteiger partial charge in [-0.3, -0.25) is 0 Å². The lowest BCUT2D eigenvalue weighted by Gasteiger charge is -2.04. The van der Waals surface area contributed by atoms with E-state index in [9.17, 15) is 0 Å². The molecule has 3 rings (SSSR count). The van der Waals surface area contributed by atoms with Crippen LogP contribution in [-0.4, -0.2) is 9.66 Å². The first-order valence-electron chi connectivity index (χ1n) is 5.99. The van der Waals surface area contributed by atoms with E-state index in [0.717, 1.165) is 11.1 Å². The van der Waals surface area contributed by atoms with Gasteiger partial charge in [0, 0.05) is 5.56 Å². The van der Waals surface area contributed by atoms with E-state index in [2.05, 4.69) is 29.2 Å². The molecule has 1 aromatic heterocycles. The van der Waals surface area contributed by atoms with Gasteiger partial charge in [-0.25, -0.2) is 9.66 Å². The van der Waals surface area contributed by atoms with Crippen molar-refractivity contribution in [1.29, 1.82) is 0 Å². The lowest BCUT2D eigenvalue weighted by Crippen LogP contribution is -2.09. The van der Waals surface area contributed by atoms with Crippen LogP contribution < -0.4 is 11.6 Å². The van der Waals surface area contributed by atoms with Crippen molar-refractivity contribution < 1.29 is 0 Å². The summed E-state index contributed by atoms with van der Waals surface area (Å²) in [4.78, 5) is 4.20. The van der Waals surface area contributed by atoms with Crippen LogP contribution in [-0.2, 0) is 0 Å². The lowest BCUT2D eigenvalue weighted by molar-refractivity contribution is 1.01. The van der Waals surface area contributed by atoms with Gasteiger partial charge in [0.25, 0.3) is 0 Å². The quantitative estimate of drug-likeness (QED) is 0.686. The summed E-state index contributed by atoms with van der Waals surface area (Å²) in [5.41, 5.74) is 9.88. The van der Waals surface area contributed by atoms with Gasteiger partial charge in [-0.15, -0.1) is 0 Å². The van der Waals surface area contributed by atoms with Crippen molar-refractivity contribution in [3.05, 3.63) is 60.9 Å². The molecule has 0 atom stereocenters. The molecule has 2 aromatic carbocycles. The summed E-state index contributed by atoms with van der Waals surface area (Å²) in [7, 11) is 0. The van der Waals surface area contributed by atoms with E-state index in [0.29, 0.717) is 11.5 Å². The second-order valence-electron chi connectivity index (χ2n) is 4.33. The maximum atomic E-state index is 5.86. The monoisotopic (exact) mass is 250 g/mol. The number of hydrogen-bond donors (Lipinski definition) is 2. The molecule has 19 heavy (non-hydrogen) atoms. The SMILES string of the molecule is Nc1c(-c2ccc(-c3ccccc3)cc2)ncn1N. The van der Waals surface area contributed by atoms with Gasteiger partial charge in [0.15, 0.2) is 0 Å². The van der Waals surface area contributed by atoms with E-state index < -0.39 is 0 Å². The smallest absolute Gasteiger partial charge is 0.150 e. The van der Waals surface area contributed by atoms with Crippen molar-refractivity contribution >= 4 is 5.82 Å². The zero-order valence-corrected chi connectivity index (χ0v) is 10.3. The Morgan fingerprint density at radius 3 is 1.95 bits per heavy atom. The first-order chi connectivity index (χ1) is 9.25. The minimum absolute atomic E-state index is 0.465. The second-order valence-corrected chi connectivity index (χ2v) is 4.33. The summed E-state index contributed by atoms with van der Waals surface area (Å²) in [6.45, 7) is 0. The van der Waals surface area contributed by atoms with Gasteiger partial charge < -0.3 is 11.6 Å². The first kappa shape index (κ1) is 11.3. The van der Waals surface area contributed by atoms with Crippen molar-refractivity contribution in [3.8, 4) is 22.4 Å². The lowest BCUT2D eigenvalue weighted by atomic mass is 10.0. The molecule has 0 spiro atoms. The van der Waals surface area contributed by atoms with Gasteiger partial charge in [0.1, 0.15) is 17.8 Å². The summed E-state index contributed by atoms with van der Waals surface area (Å²) in [5.74, 6) is 6.09. The Kier molecular flexibility index (Phi) is 2.68. The standard InChI is InChI=1S/C15H14N4/c16-15-14(18-10-19(15)17)13-8-6-12(7-9-13)11-4-2-1-3-5-11/h1-10H,16-17H2.